The van der Waals surface area contributed by atoms with Gasteiger partial charge in [0.05, 0.1) is 11.0 Å². The van der Waals surface area contributed by atoms with Gasteiger partial charge in [0.25, 0.3) is 0 Å². The zero-order valence-corrected chi connectivity index (χ0v) is 6.74. The zero-order valence-electron chi connectivity index (χ0n) is 5.92. The SMILES string of the molecule is CC(C)C[C@H](N)C(N)=S. The molecular weight excluding hydrogens is 132 g/mol. The van der Waals surface area contributed by atoms with Crippen molar-refractivity contribution >= 4 is 17.2 Å². The van der Waals surface area contributed by atoms with Gasteiger partial charge in [0.15, 0.2) is 0 Å². The summed E-state index contributed by atoms with van der Waals surface area (Å²) in [6, 6.07) is -0.0972. The van der Waals surface area contributed by atoms with Crippen LogP contribution >= 0.6 is 12.2 Å². The molecule has 0 unspecified atom stereocenters. The molecule has 0 amide bonds. The minimum absolute atomic E-state index is 0.0972. The number of thiocarbonyl (C=S) groups is 1. The maximum atomic E-state index is 5.55. The Morgan fingerprint density at radius 2 is 2.00 bits per heavy atom. The molecule has 54 valence electrons. The van der Waals surface area contributed by atoms with Crippen molar-refractivity contribution < 1.29 is 0 Å². The Hall–Kier alpha value is -0.150. The van der Waals surface area contributed by atoms with Crippen LogP contribution in [0.4, 0.5) is 0 Å². The van der Waals surface area contributed by atoms with Crippen LogP contribution in [0.2, 0.25) is 0 Å². The third-order valence-corrected chi connectivity index (χ3v) is 1.39. The summed E-state index contributed by atoms with van der Waals surface area (Å²) in [6.07, 6.45) is 0.884. The fourth-order valence-electron chi connectivity index (χ4n) is 0.624. The van der Waals surface area contributed by atoms with Crippen molar-refractivity contribution in [3.8, 4) is 0 Å². The van der Waals surface area contributed by atoms with Gasteiger partial charge in [-0.25, -0.2) is 0 Å². The minimum atomic E-state index is -0.0972. The van der Waals surface area contributed by atoms with E-state index in [1.807, 2.05) is 0 Å². The topological polar surface area (TPSA) is 52.0 Å². The van der Waals surface area contributed by atoms with Gasteiger partial charge in [0, 0.05) is 0 Å². The van der Waals surface area contributed by atoms with E-state index in [1.165, 1.54) is 0 Å². The third kappa shape index (κ3) is 4.36. The maximum absolute atomic E-state index is 5.55. The van der Waals surface area contributed by atoms with Crippen molar-refractivity contribution in [3.05, 3.63) is 0 Å². The molecule has 0 rings (SSSR count). The minimum Gasteiger partial charge on any atom is -0.392 e. The first kappa shape index (κ1) is 8.85. The Labute approximate surface area is 61.6 Å². The molecular formula is C6H14N2S. The molecule has 0 radical (unpaired) electrons. The Bertz CT molecular complexity index is 101. The molecule has 0 aromatic heterocycles. The van der Waals surface area contributed by atoms with Gasteiger partial charge in [-0.2, -0.15) is 0 Å². The molecule has 0 saturated heterocycles. The quantitative estimate of drug-likeness (QED) is 0.575. The van der Waals surface area contributed by atoms with Crippen molar-refractivity contribution in [1.29, 1.82) is 0 Å². The van der Waals surface area contributed by atoms with Crippen LogP contribution in [0.25, 0.3) is 0 Å². The normalized spacial score (nSPS) is 13.8. The van der Waals surface area contributed by atoms with E-state index in [4.69, 9.17) is 11.5 Å². The van der Waals surface area contributed by atoms with Crippen LogP contribution in [-0.4, -0.2) is 11.0 Å². The van der Waals surface area contributed by atoms with E-state index in [0.717, 1.165) is 6.42 Å². The summed E-state index contributed by atoms with van der Waals surface area (Å²) in [4.78, 5) is 0.420. The molecule has 0 aliphatic carbocycles. The van der Waals surface area contributed by atoms with Crippen LogP contribution in [0.15, 0.2) is 0 Å². The van der Waals surface area contributed by atoms with Crippen LogP contribution in [0, 0.1) is 5.92 Å². The summed E-state index contributed by atoms with van der Waals surface area (Å²) in [5, 5.41) is 0. The fourth-order valence-corrected chi connectivity index (χ4v) is 0.720. The Morgan fingerprint density at radius 1 is 1.56 bits per heavy atom. The number of nitrogens with two attached hydrogens (primary N) is 2. The second kappa shape index (κ2) is 3.80. The zero-order chi connectivity index (χ0) is 7.44. The molecule has 0 aliphatic heterocycles. The van der Waals surface area contributed by atoms with Crippen molar-refractivity contribution in [2.75, 3.05) is 0 Å². The highest BCUT2D eigenvalue weighted by atomic mass is 32.1. The van der Waals surface area contributed by atoms with Gasteiger partial charge in [-0.05, 0) is 12.3 Å². The lowest BCUT2D eigenvalue weighted by molar-refractivity contribution is 0.561. The monoisotopic (exact) mass is 146 g/mol. The van der Waals surface area contributed by atoms with Crippen LogP contribution in [-0.2, 0) is 0 Å². The fraction of sp³-hybridized carbons (Fsp3) is 0.833. The number of hydrogen-bond acceptors (Lipinski definition) is 2. The van der Waals surface area contributed by atoms with Crippen molar-refractivity contribution in [2.45, 2.75) is 26.3 Å². The van der Waals surface area contributed by atoms with Crippen molar-refractivity contribution in [2.24, 2.45) is 17.4 Å². The highest BCUT2D eigenvalue weighted by Crippen LogP contribution is 2.01. The van der Waals surface area contributed by atoms with Crippen molar-refractivity contribution in [1.82, 2.24) is 0 Å². The Balaban J connectivity index is 3.50. The van der Waals surface area contributed by atoms with E-state index in [0.29, 0.717) is 10.9 Å². The first-order valence-corrected chi connectivity index (χ1v) is 3.49. The molecule has 2 nitrogen and oxygen atoms in total. The highest BCUT2D eigenvalue weighted by molar-refractivity contribution is 7.80. The predicted molar refractivity (Wildman–Crippen MR) is 44.2 cm³/mol. The van der Waals surface area contributed by atoms with Crippen LogP contribution in [0.1, 0.15) is 20.3 Å². The molecule has 3 heteroatoms. The molecule has 0 spiro atoms. The first-order valence-electron chi connectivity index (χ1n) is 3.09. The summed E-state index contributed by atoms with van der Waals surface area (Å²) in [6.45, 7) is 4.19. The smallest absolute Gasteiger partial charge is 0.0897 e. The second-order valence-electron chi connectivity index (χ2n) is 2.64. The van der Waals surface area contributed by atoms with Gasteiger partial charge in [-0.15, -0.1) is 0 Å². The summed E-state index contributed by atoms with van der Waals surface area (Å²) in [5.74, 6) is 0.571. The van der Waals surface area contributed by atoms with Gasteiger partial charge in [-0.3, -0.25) is 0 Å². The van der Waals surface area contributed by atoms with E-state index in [9.17, 15) is 0 Å². The van der Waals surface area contributed by atoms with Crippen LogP contribution in [0.3, 0.4) is 0 Å². The molecule has 0 aromatic carbocycles. The van der Waals surface area contributed by atoms with Gasteiger partial charge >= 0.3 is 0 Å². The van der Waals surface area contributed by atoms with E-state index < -0.39 is 0 Å². The molecule has 0 bridgehead atoms. The first-order chi connectivity index (χ1) is 4.04. The number of hydrogen-bond donors (Lipinski definition) is 2. The lowest BCUT2D eigenvalue weighted by Crippen LogP contribution is -2.35. The highest BCUT2D eigenvalue weighted by Gasteiger charge is 2.06. The molecule has 0 saturated carbocycles. The molecule has 0 aliphatic rings. The largest absolute Gasteiger partial charge is 0.392 e. The van der Waals surface area contributed by atoms with Crippen molar-refractivity contribution in [3.63, 3.8) is 0 Å². The van der Waals surface area contributed by atoms with E-state index >= 15 is 0 Å². The summed E-state index contributed by atoms with van der Waals surface area (Å²) >= 11 is 4.69. The standard InChI is InChI=1S/C6H14N2S/c1-4(2)3-5(7)6(8)9/h4-5H,3,7H2,1-2H3,(H2,8,9)/t5-/m0/s1. The molecule has 1 atom stereocenters. The van der Waals surface area contributed by atoms with E-state index in [-0.39, 0.29) is 6.04 Å². The summed E-state index contributed by atoms with van der Waals surface area (Å²) in [7, 11) is 0. The average molecular weight is 146 g/mol. The molecule has 4 N–H and O–H groups in total. The van der Waals surface area contributed by atoms with Crippen LogP contribution < -0.4 is 11.5 Å². The Kier molecular flexibility index (Phi) is 3.73. The van der Waals surface area contributed by atoms with E-state index in [2.05, 4.69) is 26.1 Å². The molecule has 0 heterocycles. The van der Waals surface area contributed by atoms with E-state index in [1.54, 1.807) is 0 Å². The Morgan fingerprint density at radius 3 is 2.11 bits per heavy atom. The molecule has 9 heavy (non-hydrogen) atoms. The van der Waals surface area contributed by atoms with Gasteiger partial charge < -0.3 is 11.5 Å². The van der Waals surface area contributed by atoms with Crippen LogP contribution in [0.5, 0.6) is 0 Å². The maximum Gasteiger partial charge on any atom is 0.0897 e. The lowest BCUT2D eigenvalue weighted by Gasteiger charge is -2.10. The summed E-state index contributed by atoms with van der Waals surface area (Å²) < 4.78 is 0. The van der Waals surface area contributed by atoms with Gasteiger partial charge in [0.2, 0.25) is 0 Å². The second-order valence-corrected chi connectivity index (χ2v) is 3.11. The van der Waals surface area contributed by atoms with Gasteiger partial charge in [0.1, 0.15) is 0 Å². The molecule has 0 aromatic rings. The van der Waals surface area contributed by atoms with Gasteiger partial charge in [-0.1, -0.05) is 26.1 Å². The summed E-state index contributed by atoms with van der Waals surface area (Å²) in [5.41, 5.74) is 10.8. The number of rotatable bonds is 3. The average Bonchev–Trinajstić information content (AvgIpc) is 1.63. The predicted octanol–water partition coefficient (Wildman–Crippen LogP) is 0.646. The lowest BCUT2D eigenvalue weighted by atomic mass is 10.1. The molecule has 0 fully saturated rings. The third-order valence-electron chi connectivity index (χ3n) is 1.09.